The molecule has 0 atom stereocenters. The highest BCUT2D eigenvalue weighted by atomic mass is 15.0. The summed E-state index contributed by atoms with van der Waals surface area (Å²) >= 11 is 0. The number of pyridine rings is 1. The Morgan fingerprint density at radius 1 is 1.36 bits per heavy atom. The van der Waals surface area contributed by atoms with Crippen LogP contribution in [0, 0.1) is 13.8 Å². The van der Waals surface area contributed by atoms with Crippen molar-refractivity contribution in [1.82, 2.24) is 9.38 Å². The van der Waals surface area contributed by atoms with Gasteiger partial charge < -0.3 is 9.72 Å². The molecular weight excluding hydrogens is 174 g/mol. The molecule has 2 rings (SSSR count). The van der Waals surface area contributed by atoms with Gasteiger partial charge in [0.15, 0.2) is 0 Å². The standard InChI is InChI=1S/C11H15N3/c1-4-12-10-5-6-11-13-8(2)9(3)14(11)7-10/h5-7,12H,4H2,1-3H3. The topological polar surface area (TPSA) is 29.3 Å². The summed E-state index contributed by atoms with van der Waals surface area (Å²) in [5.74, 6) is 0. The van der Waals surface area contributed by atoms with Crippen molar-refractivity contribution in [2.75, 3.05) is 11.9 Å². The smallest absolute Gasteiger partial charge is 0.137 e. The molecule has 0 radical (unpaired) electrons. The van der Waals surface area contributed by atoms with Crippen molar-refractivity contribution in [3.8, 4) is 0 Å². The number of imidazole rings is 1. The minimum atomic E-state index is 0.943. The van der Waals surface area contributed by atoms with E-state index in [0.29, 0.717) is 0 Å². The van der Waals surface area contributed by atoms with Gasteiger partial charge in [-0.2, -0.15) is 0 Å². The minimum absolute atomic E-state index is 0.943. The van der Waals surface area contributed by atoms with Crippen molar-refractivity contribution in [1.29, 1.82) is 0 Å². The molecule has 2 aromatic rings. The second-order valence-electron chi connectivity index (χ2n) is 3.46. The lowest BCUT2D eigenvalue weighted by atomic mass is 10.3. The normalized spacial score (nSPS) is 10.8. The van der Waals surface area contributed by atoms with Crippen LogP contribution in [-0.4, -0.2) is 15.9 Å². The van der Waals surface area contributed by atoms with Gasteiger partial charge in [0.1, 0.15) is 5.65 Å². The first-order valence-electron chi connectivity index (χ1n) is 4.91. The van der Waals surface area contributed by atoms with Crippen molar-refractivity contribution >= 4 is 11.3 Å². The summed E-state index contributed by atoms with van der Waals surface area (Å²) in [6.07, 6.45) is 2.09. The number of fused-ring (bicyclic) bond motifs is 1. The molecule has 0 amide bonds. The van der Waals surface area contributed by atoms with E-state index >= 15 is 0 Å². The third kappa shape index (κ3) is 1.35. The predicted molar refractivity (Wildman–Crippen MR) is 58.8 cm³/mol. The lowest BCUT2D eigenvalue weighted by molar-refractivity contribution is 1.08. The average molecular weight is 189 g/mol. The highest BCUT2D eigenvalue weighted by molar-refractivity contribution is 5.52. The average Bonchev–Trinajstić information content (AvgIpc) is 2.45. The second kappa shape index (κ2) is 3.33. The van der Waals surface area contributed by atoms with Crippen molar-refractivity contribution in [2.24, 2.45) is 0 Å². The zero-order valence-corrected chi connectivity index (χ0v) is 8.83. The molecule has 0 unspecified atom stereocenters. The Kier molecular flexibility index (Phi) is 2.15. The first kappa shape index (κ1) is 9.06. The molecule has 2 heterocycles. The highest BCUT2D eigenvalue weighted by Crippen LogP contribution is 2.14. The fraction of sp³-hybridized carbons (Fsp3) is 0.364. The lowest BCUT2D eigenvalue weighted by Crippen LogP contribution is -1.98. The summed E-state index contributed by atoms with van der Waals surface area (Å²) < 4.78 is 2.12. The van der Waals surface area contributed by atoms with Gasteiger partial charge in [0.25, 0.3) is 0 Å². The fourth-order valence-electron chi connectivity index (χ4n) is 1.59. The quantitative estimate of drug-likeness (QED) is 0.786. The van der Waals surface area contributed by atoms with Crippen LogP contribution in [0.15, 0.2) is 18.3 Å². The fourth-order valence-corrected chi connectivity index (χ4v) is 1.59. The van der Waals surface area contributed by atoms with Crippen LogP contribution >= 0.6 is 0 Å². The van der Waals surface area contributed by atoms with Gasteiger partial charge in [-0.05, 0) is 32.9 Å². The molecule has 0 saturated carbocycles. The number of anilines is 1. The molecule has 0 spiro atoms. The van der Waals surface area contributed by atoms with E-state index in [4.69, 9.17) is 0 Å². The number of aromatic nitrogens is 2. The SMILES string of the molecule is CCNc1ccc2nc(C)c(C)n2c1. The Morgan fingerprint density at radius 3 is 2.86 bits per heavy atom. The van der Waals surface area contributed by atoms with Crippen LogP contribution < -0.4 is 5.32 Å². The van der Waals surface area contributed by atoms with Crippen LogP contribution in [0.3, 0.4) is 0 Å². The van der Waals surface area contributed by atoms with Crippen LogP contribution in [0.2, 0.25) is 0 Å². The predicted octanol–water partition coefficient (Wildman–Crippen LogP) is 2.38. The molecule has 1 N–H and O–H groups in total. The first-order chi connectivity index (χ1) is 6.72. The van der Waals surface area contributed by atoms with E-state index in [0.717, 1.165) is 23.6 Å². The van der Waals surface area contributed by atoms with E-state index in [1.54, 1.807) is 0 Å². The van der Waals surface area contributed by atoms with Crippen LogP contribution in [0.1, 0.15) is 18.3 Å². The zero-order chi connectivity index (χ0) is 10.1. The molecule has 14 heavy (non-hydrogen) atoms. The van der Waals surface area contributed by atoms with E-state index in [9.17, 15) is 0 Å². The molecule has 0 saturated heterocycles. The summed E-state index contributed by atoms with van der Waals surface area (Å²) in [6, 6.07) is 4.10. The monoisotopic (exact) mass is 189 g/mol. The number of rotatable bonds is 2. The zero-order valence-electron chi connectivity index (χ0n) is 8.83. The van der Waals surface area contributed by atoms with E-state index in [1.165, 1.54) is 5.69 Å². The Labute approximate surface area is 83.8 Å². The Bertz CT molecular complexity index is 457. The van der Waals surface area contributed by atoms with Crippen molar-refractivity contribution in [3.05, 3.63) is 29.7 Å². The number of hydrogen-bond donors (Lipinski definition) is 1. The Hall–Kier alpha value is -1.51. The molecule has 0 aliphatic heterocycles. The summed E-state index contributed by atoms with van der Waals surface area (Å²) in [5, 5.41) is 3.29. The van der Waals surface area contributed by atoms with Gasteiger partial charge in [0, 0.05) is 18.4 Å². The van der Waals surface area contributed by atoms with Crippen molar-refractivity contribution in [2.45, 2.75) is 20.8 Å². The van der Waals surface area contributed by atoms with E-state index in [2.05, 4.69) is 40.8 Å². The molecule has 2 aromatic heterocycles. The van der Waals surface area contributed by atoms with E-state index < -0.39 is 0 Å². The van der Waals surface area contributed by atoms with Gasteiger partial charge in [-0.15, -0.1) is 0 Å². The van der Waals surface area contributed by atoms with Crippen LogP contribution in [0.4, 0.5) is 5.69 Å². The van der Waals surface area contributed by atoms with Gasteiger partial charge in [-0.3, -0.25) is 0 Å². The Balaban J connectivity index is 2.58. The molecule has 0 fully saturated rings. The van der Waals surface area contributed by atoms with Crippen LogP contribution in [0.25, 0.3) is 5.65 Å². The maximum atomic E-state index is 4.45. The number of aryl methyl sites for hydroxylation is 2. The highest BCUT2D eigenvalue weighted by Gasteiger charge is 2.03. The Morgan fingerprint density at radius 2 is 2.14 bits per heavy atom. The molecule has 3 heteroatoms. The molecule has 0 aliphatic carbocycles. The second-order valence-corrected chi connectivity index (χ2v) is 3.46. The third-order valence-electron chi connectivity index (χ3n) is 2.48. The molecular formula is C11H15N3. The molecule has 0 aromatic carbocycles. The molecule has 0 aliphatic rings. The minimum Gasteiger partial charge on any atom is -0.384 e. The maximum absolute atomic E-state index is 4.45. The van der Waals surface area contributed by atoms with Crippen LogP contribution in [-0.2, 0) is 0 Å². The lowest BCUT2D eigenvalue weighted by Gasteiger charge is -2.04. The van der Waals surface area contributed by atoms with Gasteiger partial charge in [0.05, 0.1) is 11.4 Å². The van der Waals surface area contributed by atoms with Gasteiger partial charge in [-0.1, -0.05) is 0 Å². The summed E-state index contributed by atoms with van der Waals surface area (Å²) in [4.78, 5) is 4.45. The molecule has 3 nitrogen and oxygen atoms in total. The van der Waals surface area contributed by atoms with Crippen molar-refractivity contribution in [3.63, 3.8) is 0 Å². The third-order valence-corrected chi connectivity index (χ3v) is 2.48. The van der Waals surface area contributed by atoms with Gasteiger partial charge >= 0.3 is 0 Å². The summed E-state index contributed by atoms with van der Waals surface area (Å²) in [6.45, 7) is 7.16. The molecule has 0 bridgehead atoms. The van der Waals surface area contributed by atoms with E-state index in [1.807, 2.05) is 13.0 Å². The van der Waals surface area contributed by atoms with E-state index in [-0.39, 0.29) is 0 Å². The number of nitrogens with one attached hydrogen (secondary N) is 1. The summed E-state index contributed by atoms with van der Waals surface area (Å²) in [5.41, 5.74) is 4.46. The largest absolute Gasteiger partial charge is 0.384 e. The molecule has 74 valence electrons. The number of nitrogens with zero attached hydrogens (tertiary/aromatic N) is 2. The maximum Gasteiger partial charge on any atom is 0.137 e. The number of hydrogen-bond acceptors (Lipinski definition) is 2. The first-order valence-corrected chi connectivity index (χ1v) is 4.91. The van der Waals surface area contributed by atoms with Gasteiger partial charge in [0.2, 0.25) is 0 Å². The van der Waals surface area contributed by atoms with Crippen molar-refractivity contribution < 1.29 is 0 Å². The van der Waals surface area contributed by atoms with Crippen LogP contribution in [0.5, 0.6) is 0 Å². The van der Waals surface area contributed by atoms with Gasteiger partial charge in [-0.25, -0.2) is 4.98 Å². The summed E-state index contributed by atoms with van der Waals surface area (Å²) in [7, 11) is 0.